The first-order chi connectivity index (χ1) is 11.7. The number of hydrogen-bond acceptors (Lipinski definition) is 5. The summed E-state index contributed by atoms with van der Waals surface area (Å²) in [5.74, 6) is 2.20. The van der Waals surface area contributed by atoms with Crippen molar-refractivity contribution in [3.05, 3.63) is 29.3 Å². The van der Waals surface area contributed by atoms with Crippen molar-refractivity contribution < 1.29 is 9.21 Å². The van der Waals surface area contributed by atoms with Gasteiger partial charge < -0.3 is 9.73 Å². The van der Waals surface area contributed by atoms with Crippen molar-refractivity contribution in [3.8, 4) is 11.5 Å². The Kier molecular flexibility index (Phi) is 4.50. The largest absolute Gasteiger partial charge is 0.411 e. The number of halogens is 1. The summed E-state index contributed by atoms with van der Waals surface area (Å²) >= 11 is 7.38. The maximum absolute atomic E-state index is 12.1. The zero-order valence-corrected chi connectivity index (χ0v) is 14.6. The molecule has 0 spiro atoms. The molecule has 2 fully saturated rings. The Bertz CT molecular complexity index is 751. The van der Waals surface area contributed by atoms with Crippen LogP contribution in [0.4, 0.5) is 0 Å². The van der Waals surface area contributed by atoms with Gasteiger partial charge in [0, 0.05) is 6.04 Å². The number of carbonyl (C=O) groups is 1. The van der Waals surface area contributed by atoms with Gasteiger partial charge in [-0.1, -0.05) is 41.9 Å². The standard InChI is InChI=1S/C17H18ClN3O2S/c18-13-4-2-1-3-12(13)16-20-21-17(23-16)24-9-15(22)19-14-8-10-5-6-11(14)7-10/h1-4,10-11,14H,5-9H2,(H,19,22)/t10-,11+,14-/m0/s1. The van der Waals surface area contributed by atoms with Gasteiger partial charge in [0.25, 0.3) is 5.22 Å². The zero-order chi connectivity index (χ0) is 16.5. The molecule has 0 radical (unpaired) electrons. The van der Waals surface area contributed by atoms with Crippen LogP contribution in [0.3, 0.4) is 0 Å². The molecule has 1 aromatic carbocycles. The van der Waals surface area contributed by atoms with Crippen LogP contribution in [0.1, 0.15) is 25.7 Å². The van der Waals surface area contributed by atoms with E-state index in [4.69, 9.17) is 16.0 Å². The van der Waals surface area contributed by atoms with Gasteiger partial charge in [-0.3, -0.25) is 4.79 Å². The van der Waals surface area contributed by atoms with Crippen LogP contribution in [0.2, 0.25) is 5.02 Å². The minimum Gasteiger partial charge on any atom is -0.411 e. The van der Waals surface area contributed by atoms with Gasteiger partial charge in [0.15, 0.2) is 0 Å². The first-order valence-corrected chi connectivity index (χ1v) is 9.56. The highest BCUT2D eigenvalue weighted by Crippen LogP contribution is 2.44. The van der Waals surface area contributed by atoms with Gasteiger partial charge in [-0.15, -0.1) is 10.2 Å². The highest BCUT2D eigenvalue weighted by atomic mass is 35.5. The third-order valence-electron chi connectivity index (χ3n) is 4.92. The Balaban J connectivity index is 1.32. The Morgan fingerprint density at radius 2 is 2.17 bits per heavy atom. The molecule has 1 heterocycles. The second-order valence-corrected chi connectivity index (χ2v) is 7.82. The third kappa shape index (κ3) is 3.30. The number of nitrogens with zero attached hydrogens (tertiary/aromatic N) is 2. The van der Waals surface area contributed by atoms with E-state index < -0.39 is 0 Å². The number of thioether (sulfide) groups is 1. The molecule has 2 aromatic rings. The predicted molar refractivity (Wildman–Crippen MR) is 92.8 cm³/mol. The van der Waals surface area contributed by atoms with E-state index in [0.717, 1.165) is 12.3 Å². The fourth-order valence-electron chi connectivity index (χ4n) is 3.81. The quantitative estimate of drug-likeness (QED) is 0.818. The second-order valence-electron chi connectivity index (χ2n) is 6.49. The maximum atomic E-state index is 12.1. The number of carbonyl (C=O) groups excluding carboxylic acids is 1. The summed E-state index contributed by atoms with van der Waals surface area (Å²) in [5.41, 5.74) is 0.699. The summed E-state index contributed by atoms with van der Waals surface area (Å²) in [5, 5.41) is 12.1. The number of hydrogen-bond donors (Lipinski definition) is 1. The molecule has 2 bridgehead atoms. The maximum Gasteiger partial charge on any atom is 0.277 e. The van der Waals surface area contributed by atoms with Crippen molar-refractivity contribution in [2.24, 2.45) is 11.8 Å². The lowest BCUT2D eigenvalue weighted by atomic mass is 9.95. The number of amides is 1. The minimum atomic E-state index is 0.0371. The van der Waals surface area contributed by atoms with Crippen molar-refractivity contribution in [2.45, 2.75) is 36.9 Å². The number of fused-ring (bicyclic) bond motifs is 2. The molecule has 2 saturated carbocycles. The Labute approximate surface area is 149 Å². The van der Waals surface area contributed by atoms with Gasteiger partial charge in [-0.25, -0.2) is 0 Å². The molecule has 0 saturated heterocycles. The van der Waals surface area contributed by atoms with E-state index in [2.05, 4.69) is 15.5 Å². The Morgan fingerprint density at radius 3 is 2.92 bits per heavy atom. The monoisotopic (exact) mass is 363 g/mol. The molecule has 4 rings (SSSR count). The minimum absolute atomic E-state index is 0.0371. The molecule has 2 aliphatic carbocycles. The molecule has 3 atom stereocenters. The number of rotatable bonds is 5. The number of aromatic nitrogens is 2. The molecule has 24 heavy (non-hydrogen) atoms. The van der Waals surface area contributed by atoms with Crippen molar-refractivity contribution in [3.63, 3.8) is 0 Å². The van der Waals surface area contributed by atoms with Gasteiger partial charge >= 0.3 is 0 Å². The lowest BCUT2D eigenvalue weighted by molar-refractivity contribution is -0.119. The van der Waals surface area contributed by atoms with E-state index in [0.29, 0.717) is 33.7 Å². The van der Waals surface area contributed by atoms with Gasteiger partial charge in [0.1, 0.15) is 0 Å². The predicted octanol–water partition coefficient (Wildman–Crippen LogP) is 3.79. The first-order valence-electron chi connectivity index (χ1n) is 8.19. The van der Waals surface area contributed by atoms with Gasteiger partial charge in [0.2, 0.25) is 11.8 Å². The molecule has 1 N–H and O–H groups in total. The molecular formula is C17H18ClN3O2S. The van der Waals surface area contributed by atoms with Crippen LogP contribution >= 0.6 is 23.4 Å². The van der Waals surface area contributed by atoms with Crippen LogP contribution in [0.15, 0.2) is 33.9 Å². The van der Waals surface area contributed by atoms with E-state index in [1.54, 1.807) is 6.07 Å². The summed E-state index contributed by atoms with van der Waals surface area (Å²) in [6.07, 6.45) is 5.01. The fraction of sp³-hybridized carbons (Fsp3) is 0.471. The second kappa shape index (κ2) is 6.76. The lowest BCUT2D eigenvalue weighted by Crippen LogP contribution is -2.39. The summed E-state index contributed by atoms with van der Waals surface area (Å²) in [4.78, 5) is 12.1. The first kappa shape index (κ1) is 16.0. The summed E-state index contributed by atoms with van der Waals surface area (Å²) in [6, 6.07) is 7.67. The van der Waals surface area contributed by atoms with E-state index in [-0.39, 0.29) is 11.7 Å². The van der Waals surface area contributed by atoms with Crippen LogP contribution < -0.4 is 5.32 Å². The number of benzene rings is 1. The molecule has 0 aliphatic heterocycles. The van der Waals surface area contributed by atoms with E-state index in [1.165, 1.54) is 31.0 Å². The average molecular weight is 364 g/mol. The van der Waals surface area contributed by atoms with Crippen LogP contribution in [0.25, 0.3) is 11.5 Å². The zero-order valence-electron chi connectivity index (χ0n) is 13.1. The molecule has 0 unspecified atom stereocenters. The topological polar surface area (TPSA) is 68.0 Å². The highest BCUT2D eigenvalue weighted by Gasteiger charge is 2.40. The lowest BCUT2D eigenvalue weighted by Gasteiger charge is -2.22. The van der Waals surface area contributed by atoms with Crippen molar-refractivity contribution in [1.82, 2.24) is 15.5 Å². The van der Waals surface area contributed by atoms with E-state index in [9.17, 15) is 4.79 Å². The van der Waals surface area contributed by atoms with Crippen LogP contribution in [-0.2, 0) is 4.79 Å². The summed E-state index contributed by atoms with van der Waals surface area (Å²) < 4.78 is 5.60. The molecule has 2 aliphatic rings. The van der Waals surface area contributed by atoms with Crippen molar-refractivity contribution >= 4 is 29.3 Å². The molecule has 1 aromatic heterocycles. The van der Waals surface area contributed by atoms with Crippen LogP contribution in [0.5, 0.6) is 0 Å². The van der Waals surface area contributed by atoms with E-state index >= 15 is 0 Å². The molecule has 7 heteroatoms. The molecule has 126 valence electrons. The third-order valence-corrected chi connectivity index (χ3v) is 6.07. The highest BCUT2D eigenvalue weighted by molar-refractivity contribution is 7.99. The van der Waals surface area contributed by atoms with Gasteiger partial charge in [-0.2, -0.15) is 0 Å². The van der Waals surface area contributed by atoms with E-state index in [1.807, 2.05) is 18.2 Å². The van der Waals surface area contributed by atoms with Gasteiger partial charge in [-0.05, 0) is 43.2 Å². The Morgan fingerprint density at radius 1 is 1.29 bits per heavy atom. The van der Waals surface area contributed by atoms with Crippen LogP contribution in [-0.4, -0.2) is 27.9 Å². The SMILES string of the molecule is O=C(CSc1nnc(-c2ccccc2Cl)o1)N[C@H]1C[C@H]2CC[C@@H]1C2. The smallest absolute Gasteiger partial charge is 0.277 e. The molecule has 5 nitrogen and oxygen atoms in total. The summed E-state index contributed by atoms with van der Waals surface area (Å²) in [7, 11) is 0. The summed E-state index contributed by atoms with van der Waals surface area (Å²) in [6.45, 7) is 0. The fourth-order valence-corrected chi connectivity index (χ4v) is 4.60. The average Bonchev–Trinajstić information content (AvgIpc) is 3.30. The van der Waals surface area contributed by atoms with Crippen molar-refractivity contribution in [1.29, 1.82) is 0 Å². The van der Waals surface area contributed by atoms with Crippen LogP contribution in [0, 0.1) is 11.8 Å². The van der Waals surface area contributed by atoms with Gasteiger partial charge in [0.05, 0.1) is 16.3 Å². The Hall–Kier alpha value is -1.53. The number of nitrogens with one attached hydrogen (secondary N) is 1. The van der Waals surface area contributed by atoms with Crippen molar-refractivity contribution in [2.75, 3.05) is 5.75 Å². The normalized spacial score (nSPS) is 25.1. The molecular weight excluding hydrogens is 346 g/mol. The molecule has 1 amide bonds.